The molecule has 0 aliphatic heterocycles. The smallest absolute Gasteiger partial charge is 0.0267 e. The van der Waals surface area contributed by atoms with Crippen molar-refractivity contribution in [3.05, 3.63) is 30.6 Å². The van der Waals surface area contributed by atoms with Crippen molar-refractivity contribution in [3.8, 4) is 0 Å². The Morgan fingerprint density at radius 3 is 1.10 bits per heavy atom. The van der Waals surface area contributed by atoms with Crippen molar-refractivity contribution in [1.82, 2.24) is 4.98 Å². The minimum atomic E-state index is 0. The van der Waals surface area contributed by atoms with Gasteiger partial charge in [-0.3, -0.25) is 4.98 Å². The Labute approximate surface area is 85.3 Å². The second kappa shape index (κ2) is 16.1. The summed E-state index contributed by atoms with van der Waals surface area (Å²) in [5.74, 6) is 0. The highest BCUT2D eigenvalue weighted by Crippen LogP contribution is 1.73. The molecule has 0 atom stereocenters. The van der Waals surface area contributed by atoms with E-state index in [0.717, 1.165) is 0 Å². The Kier molecular flexibility index (Phi) is 36.2. The van der Waals surface area contributed by atoms with Gasteiger partial charge >= 0.3 is 0 Å². The van der Waals surface area contributed by atoms with Crippen molar-refractivity contribution in [2.75, 3.05) is 0 Å². The summed E-state index contributed by atoms with van der Waals surface area (Å²) in [5, 5.41) is 0. The van der Waals surface area contributed by atoms with E-state index in [1.54, 1.807) is 12.4 Å². The molecule has 0 N–H and O–H groups in total. The van der Waals surface area contributed by atoms with E-state index in [0.29, 0.717) is 0 Å². The average Bonchev–Trinajstić information content (AvgIpc) is 1.72. The summed E-state index contributed by atoms with van der Waals surface area (Å²) < 4.78 is 0. The zero-order valence-electron chi connectivity index (χ0n) is 4.97. The molecule has 5 heteroatoms. The van der Waals surface area contributed by atoms with Crippen LogP contribution in [0.25, 0.3) is 0 Å². The lowest BCUT2D eigenvalue weighted by atomic mass is 10.5. The molecule has 1 rings (SSSR count). The largest absolute Gasteiger partial charge is 0.265 e. The van der Waals surface area contributed by atoms with Crippen molar-refractivity contribution in [2.45, 2.75) is 0 Å². The summed E-state index contributed by atoms with van der Waals surface area (Å²) >= 11 is 0. The van der Waals surface area contributed by atoms with Crippen LogP contribution in [0.4, 0.5) is 0 Å². The number of aromatic nitrogens is 1. The normalized spacial score (nSPS) is 4.80. The predicted molar refractivity (Wildman–Crippen MR) is 53.2 cm³/mol. The van der Waals surface area contributed by atoms with Gasteiger partial charge in [-0.15, -0.1) is 49.6 Å². The molecule has 0 aliphatic carbocycles. The van der Waals surface area contributed by atoms with Crippen LogP contribution in [0.5, 0.6) is 0 Å². The van der Waals surface area contributed by atoms with Crippen LogP contribution in [0.15, 0.2) is 30.6 Å². The number of rotatable bonds is 0. The van der Waals surface area contributed by atoms with E-state index in [9.17, 15) is 0 Å². The third-order valence-corrected chi connectivity index (χ3v) is 0.566. The first-order valence-corrected chi connectivity index (χ1v) is 1.85. The third-order valence-electron chi connectivity index (χ3n) is 0.566. The van der Waals surface area contributed by atoms with Crippen LogP contribution in [0.2, 0.25) is 0 Å². The molecule has 1 nitrogen and oxygen atoms in total. The Morgan fingerprint density at radius 1 is 0.600 bits per heavy atom. The second-order valence-electron chi connectivity index (χ2n) is 1.02. The number of hydrogen-bond donors (Lipinski definition) is 0. The first-order valence-electron chi connectivity index (χ1n) is 1.85. The van der Waals surface area contributed by atoms with E-state index in [4.69, 9.17) is 0 Å². The molecular weight excluding hydrogens is 216 g/mol. The standard InChI is InChI=1S/C5H5N.4ClH/c1-2-4-6-5-3-1;;;;/h1-5H;4*1H. The summed E-state index contributed by atoms with van der Waals surface area (Å²) in [7, 11) is 0. The van der Waals surface area contributed by atoms with Gasteiger partial charge in [0.05, 0.1) is 0 Å². The molecule has 1 heterocycles. The summed E-state index contributed by atoms with van der Waals surface area (Å²) in [6.07, 6.45) is 3.50. The molecule has 0 bridgehead atoms. The monoisotopic (exact) mass is 223 g/mol. The lowest BCUT2D eigenvalue weighted by Crippen LogP contribution is -1.58. The van der Waals surface area contributed by atoms with Gasteiger partial charge in [0.15, 0.2) is 0 Å². The minimum absolute atomic E-state index is 0. The molecule has 10 heavy (non-hydrogen) atoms. The van der Waals surface area contributed by atoms with Crippen molar-refractivity contribution in [3.63, 3.8) is 0 Å². The Balaban J connectivity index is -0.0000000450. The Hall–Kier alpha value is 0.310. The molecule has 1 aromatic rings. The van der Waals surface area contributed by atoms with Crippen LogP contribution in [0.1, 0.15) is 0 Å². The molecule has 0 fully saturated rings. The first kappa shape index (κ1) is 22.4. The molecule has 62 valence electrons. The van der Waals surface area contributed by atoms with Crippen molar-refractivity contribution >= 4 is 49.6 Å². The van der Waals surface area contributed by atoms with E-state index in [1.807, 2.05) is 18.2 Å². The first-order chi connectivity index (χ1) is 3.00. The van der Waals surface area contributed by atoms with Gasteiger partial charge in [0.1, 0.15) is 0 Å². The van der Waals surface area contributed by atoms with Crippen molar-refractivity contribution < 1.29 is 0 Å². The molecule has 1 aromatic heterocycles. The van der Waals surface area contributed by atoms with E-state index < -0.39 is 0 Å². The lowest BCUT2D eigenvalue weighted by Gasteiger charge is -1.70. The predicted octanol–water partition coefficient (Wildman–Crippen LogP) is 2.77. The molecule has 0 saturated heterocycles. The zero-order valence-corrected chi connectivity index (χ0v) is 8.23. The van der Waals surface area contributed by atoms with Crippen LogP contribution >= 0.6 is 49.6 Å². The lowest BCUT2D eigenvalue weighted by molar-refractivity contribution is 1.33. The van der Waals surface area contributed by atoms with E-state index in [2.05, 4.69) is 4.98 Å². The number of hydrogen-bond acceptors (Lipinski definition) is 1. The van der Waals surface area contributed by atoms with Crippen LogP contribution in [-0.4, -0.2) is 4.98 Å². The molecule has 0 aliphatic rings. The fourth-order valence-corrected chi connectivity index (χ4v) is 0.313. The average molecular weight is 225 g/mol. The van der Waals surface area contributed by atoms with Gasteiger partial charge < -0.3 is 0 Å². The number of nitrogens with zero attached hydrogens (tertiary/aromatic N) is 1. The zero-order chi connectivity index (χ0) is 4.24. The van der Waals surface area contributed by atoms with Gasteiger partial charge in [0, 0.05) is 12.4 Å². The van der Waals surface area contributed by atoms with E-state index >= 15 is 0 Å². The van der Waals surface area contributed by atoms with Gasteiger partial charge in [-0.2, -0.15) is 0 Å². The highest BCUT2D eigenvalue weighted by molar-refractivity contribution is 5.86. The quantitative estimate of drug-likeness (QED) is 0.661. The maximum atomic E-state index is 3.78. The molecule has 0 spiro atoms. The highest BCUT2D eigenvalue weighted by atomic mass is 35.5. The molecular formula is C5H9Cl4N. The molecule has 0 saturated carbocycles. The number of halogens is 4. The van der Waals surface area contributed by atoms with Crippen LogP contribution in [-0.2, 0) is 0 Å². The molecule has 0 unspecified atom stereocenters. The van der Waals surface area contributed by atoms with Crippen LogP contribution < -0.4 is 0 Å². The number of pyridine rings is 1. The van der Waals surface area contributed by atoms with E-state index in [1.165, 1.54) is 0 Å². The summed E-state index contributed by atoms with van der Waals surface area (Å²) in [6.45, 7) is 0. The van der Waals surface area contributed by atoms with Crippen LogP contribution in [0.3, 0.4) is 0 Å². The highest BCUT2D eigenvalue weighted by Gasteiger charge is 1.58. The summed E-state index contributed by atoms with van der Waals surface area (Å²) in [5.41, 5.74) is 0. The van der Waals surface area contributed by atoms with Crippen molar-refractivity contribution in [1.29, 1.82) is 0 Å². The third kappa shape index (κ3) is 11.2. The minimum Gasteiger partial charge on any atom is -0.265 e. The van der Waals surface area contributed by atoms with Crippen molar-refractivity contribution in [2.24, 2.45) is 0 Å². The fraction of sp³-hybridized carbons (Fsp3) is 0. The molecule has 0 aromatic carbocycles. The maximum absolute atomic E-state index is 3.78. The van der Waals surface area contributed by atoms with Gasteiger partial charge in [-0.25, -0.2) is 0 Å². The SMILES string of the molecule is Cl.Cl.Cl.Cl.c1ccncc1. The van der Waals surface area contributed by atoms with Gasteiger partial charge in [0.25, 0.3) is 0 Å². The maximum Gasteiger partial charge on any atom is 0.0267 e. The summed E-state index contributed by atoms with van der Waals surface area (Å²) in [4.78, 5) is 3.78. The molecule has 0 amide bonds. The Morgan fingerprint density at radius 2 is 1.00 bits per heavy atom. The topological polar surface area (TPSA) is 12.9 Å². The second-order valence-corrected chi connectivity index (χ2v) is 1.02. The molecule has 0 radical (unpaired) electrons. The Bertz CT molecular complexity index is 85.6. The van der Waals surface area contributed by atoms with Gasteiger partial charge in [0.2, 0.25) is 0 Å². The van der Waals surface area contributed by atoms with Gasteiger partial charge in [-0.1, -0.05) is 6.07 Å². The van der Waals surface area contributed by atoms with Crippen LogP contribution in [0, 0.1) is 0 Å². The van der Waals surface area contributed by atoms with E-state index in [-0.39, 0.29) is 49.6 Å². The summed E-state index contributed by atoms with van der Waals surface area (Å²) in [6, 6.07) is 5.72. The fourth-order valence-electron chi connectivity index (χ4n) is 0.313. The van der Waals surface area contributed by atoms with Gasteiger partial charge in [-0.05, 0) is 12.1 Å².